The molecule has 0 aromatic carbocycles. The molecule has 2 aromatic heterocycles. The first-order chi connectivity index (χ1) is 15.7. The van der Waals surface area contributed by atoms with Gasteiger partial charge in [-0.05, 0) is 24.0 Å². The summed E-state index contributed by atoms with van der Waals surface area (Å²) in [7, 11) is 0. The molecule has 1 saturated carbocycles. The third-order valence-corrected chi connectivity index (χ3v) is 6.52. The van der Waals surface area contributed by atoms with Crippen LogP contribution in [0.1, 0.15) is 44.1 Å². The van der Waals surface area contributed by atoms with E-state index in [1.807, 2.05) is 18.3 Å². The summed E-state index contributed by atoms with van der Waals surface area (Å²) in [6, 6.07) is 3.86. The molecule has 4 rings (SSSR count). The molecule has 0 radical (unpaired) electrons. The first-order valence-corrected chi connectivity index (χ1v) is 11.9. The minimum atomic E-state index is -0.204. The minimum absolute atomic E-state index is 0.189. The molecule has 2 aromatic rings. The number of carbonyl (C=O) groups is 1. The number of rotatable bonds is 7. The first kappa shape index (κ1) is 22.7. The van der Waals surface area contributed by atoms with Gasteiger partial charge in [0, 0.05) is 57.4 Å². The van der Waals surface area contributed by atoms with Crippen molar-refractivity contribution in [1.82, 2.24) is 24.8 Å². The number of pyridine rings is 1. The van der Waals surface area contributed by atoms with Gasteiger partial charge in [0.05, 0.1) is 6.61 Å². The molecule has 1 N–H and O–H groups in total. The number of carbonyl (C=O) groups excluding carboxylic acids is 1. The Balaban J connectivity index is 1.20. The van der Waals surface area contributed by atoms with Gasteiger partial charge >= 0.3 is 6.03 Å². The Morgan fingerprint density at radius 3 is 2.62 bits per heavy atom. The molecule has 3 heterocycles. The highest BCUT2D eigenvalue weighted by atomic mass is 35.5. The Labute approximate surface area is 194 Å². The molecule has 32 heavy (non-hydrogen) atoms. The van der Waals surface area contributed by atoms with Crippen LogP contribution in [0.15, 0.2) is 30.7 Å². The number of halogens is 1. The topological polar surface area (TPSA) is 83.5 Å². The van der Waals surface area contributed by atoms with Crippen LogP contribution in [0.4, 0.5) is 10.6 Å². The van der Waals surface area contributed by atoms with Crippen LogP contribution in [0.25, 0.3) is 0 Å². The van der Waals surface area contributed by atoms with Crippen LogP contribution < -0.4 is 10.1 Å². The molecule has 1 aliphatic carbocycles. The average molecular weight is 459 g/mol. The number of amides is 2. The number of urea groups is 1. The molecule has 8 nitrogen and oxygen atoms in total. The quantitative estimate of drug-likeness (QED) is 0.668. The highest BCUT2D eigenvalue weighted by Crippen LogP contribution is 2.26. The van der Waals surface area contributed by atoms with E-state index < -0.39 is 0 Å². The summed E-state index contributed by atoms with van der Waals surface area (Å²) >= 11 is 5.97. The van der Waals surface area contributed by atoms with Crippen LogP contribution in [0.2, 0.25) is 5.15 Å². The summed E-state index contributed by atoms with van der Waals surface area (Å²) in [5.41, 5.74) is 1.18. The van der Waals surface area contributed by atoms with E-state index in [9.17, 15) is 4.79 Å². The van der Waals surface area contributed by atoms with Gasteiger partial charge in [-0.2, -0.15) is 0 Å². The maximum absolute atomic E-state index is 12.5. The molecule has 2 fully saturated rings. The number of hydrogen-bond acceptors (Lipinski definition) is 6. The Hall–Kier alpha value is -2.45. The van der Waals surface area contributed by atoms with Gasteiger partial charge in [-0.25, -0.2) is 19.7 Å². The molecule has 0 atom stereocenters. The van der Waals surface area contributed by atoms with Gasteiger partial charge in [0.25, 0.3) is 0 Å². The van der Waals surface area contributed by atoms with Gasteiger partial charge < -0.3 is 9.64 Å². The van der Waals surface area contributed by atoms with Crippen molar-refractivity contribution in [3.63, 3.8) is 0 Å². The second-order valence-electron chi connectivity index (χ2n) is 8.53. The molecule has 2 amide bonds. The van der Waals surface area contributed by atoms with Crippen LogP contribution >= 0.6 is 11.6 Å². The molecule has 2 aliphatic rings. The summed E-state index contributed by atoms with van der Waals surface area (Å²) < 4.78 is 5.94. The Kier molecular flexibility index (Phi) is 8.12. The van der Waals surface area contributed by atoms with Crippen molar-refractivity contribution in [2.75, 3.05) is 38.1 Å². The zero-order chi connectivity index (χ0) is 22.2. The standard InChI is InChI=1S/C23H31ClN6O2/c24-21-22(27-10-9-26-21)28-23(31)30-13-11-29(12-14-30)17-19-6-8-25-20(16-19)32-15-7-18-4-2-1-3-5-18/h6,8-10,16,18H,1-5,7,11-15,17H2,(H,27,28,31). The monoisotopic (exact) mass is 458 g/mol. The number of anilines is 1. The number of piperazine rings is 1. The number of aromatic nitrogens is 3. The molecular formula is C23H31ClN6O2. The van der Waals surface area contributed by atoms with Crippen molar-refractivity contribution >= 4 is 23.4 Å². The summed E-state index contributed by atoms with van der Waals surface area (Å²) in [6.45, 7) is 4.42. The molecule has 172 valence electrons. The Bertz CT molecular complexity index is 884. The zero-order valence-corrected chi connectivity index (χ0v) is 19.1. The highest BCUT2D eigenvalue weighted by molar-refractivity contribution is 6.32. The minimum Gasteiger partial charge on any atom is -0.478 e. The maximum Gasteiger partial charge on any atom is 0.323 e. The number of hydrogen-bond donors (Lipinski definition) is 1. The van der Waals surface area contributed by atoms with E-state index in [1.165, 1.54) is 50.1 Å². The maximum atomic E-state index is 12.5. The Morgan fingerprint density at radius 1 is 1.06 bits per heavy atom. The van der Waals surface area contributed by atoms with Crippen molar-refractivity contribution < 1.29 is 9.53 Å². The van der Waals surface area contributed by atoms with Crippen LogP contribution in [-0.4, -0.2) is 63.6 Å². The van der Waals surface area contributed by atoms with Gasteiger partial charge in [-0.15, -0.1) is 0 Å². The predicted molar refractivity (Wildman–Crippen MR) is 124 cm³/mol. The lowest BCUT2D eigenvalue weighted by molar-refractivity contribution is 0.143. The first-order valence-electron chi connectivity index (χ1n) is 11.5. The zero-order valence-electron chi connectivity index (χ0n) is 18.4. The summed E-state index contributed by atoms with van der Waals surface area (Å²) in [5, 5.41) is 2.92. The van der Waals surface area contributed by atoms with Crippen molar-refractivity contribution in [1.29, 1.82) is 0 Å². The lowest BCUT2D eigenvalue weighted by Crippen LogP contribution is -2.49. The van der Waals surface area contributed by atoms with E-state index in [2.05, 4.69) is 25.2 Å². The van der Waals surface area contributed by atoms with Crippen molar-refractivity contribution in [3.05, 3.63) is 41.4 Å². The van der Waals surface area contributed by atoms with Gasteiger partial charge in [0.15, 0.2) is 11.0 Å². The molecule has 1 aliphatic heterocycles. The molecule has 0 spiro atoms. The van der Waals surface area contributed by atoms with Crippen LogP contribution in [0.5, 0.6) is 5.88 Å². The smallest absolute Gasteiger partial charge is 0.323 e. The van der Waals surface area contributed by atoms with Gasteiger partial charge in [-0.3, -0.25) is 10.2 Å². The van der Waals surface area contributed by atoms with Crippen molar-refractivity contribution in [2.45, 2.75) is 45.1 Å². The van der Waals surface area contributed by atoms with Crippen LogP contribution in [-0.2, 0) is 6.54 Å². The van der Waals surface area contributed by atoms with Crippen LogP contribution in [0.3, 0.4) is 0 Å². The Morgan fingerprint density at radius 2 is 1.84 bits per heavy atom. The van der Waals surface area contributed by atoms with Crippen molar-refractivity contribution in [2.24, 2.45) is 5.92 Å². The van der Waals surface area contributed by atoms with E-state index in [1.54, 1.807) is 4.90 Å². The third-order valence-electron chi connectivity index (χ3n) is 6.24. The molecular weight excluding hydrogens is 428 g/mol. The molecule has 9 heteroatoms. The second-order valence-corrected chi connectivity index (χ2v) is 8.89. The molecule has 1 saturated heterocycles. The SMILES string of the molecule is O=C(Nc1nccnc1Cl)N1CCN(Cc2ccnc(OCCC3CCCCC3)c2)CC1. The lowest BCUT2D eigenvalue weighted by atomic mass is 9.87. The summed E-state index contributed by atoms with van der Waals surface area (Å²) in [6.07, 6.45) is 12.7. The fraction of sp³-hybridized carbons (Fsp3) is 0.565. The second kappa shape index (κ2) is 11.4. The van der Waals surface area contributed by atoms with Crippen LogP contribution in [0, 0.1) is 5.92 Å². The lowest BCUT2D eigenvalue weighted by Gasteiger charge is -2.34. The average Bonchev–Trinajstić information content (AvgIpc) is 2.82. The van der Waals surface area contributed by atoms with E-state index in [4.69, 9.17) is 16.3 Å². The van der Waals surface area contributed by atoms with Gasteiger partial charge in [0.1, 0.15) is 0 Å². The summed E-state index contributed by atoms with van der Waals surface area (Å²) in [4.78, 5) is 29.0. The predicted octanol–water partition coefficient (Wildman–Crippen LogP) is 4.22. The van der Waals surface area contributed by atoms with E-state index in [0.29, 0.717) is 19.0 Å². The number of nitrogens with one attached hydrogen (secondary N) is 1. The fourth-order valence-corrected chi connectivity index (χ4v) is 4.54. The van der Waals surface area contributed by atoms with Crippen molar-refractivity contribution in [3.8, 4) is 5.88 Å². The number of nitrogens with zero attached hydrogens (tertiary/aromatic N) is 5. The summed E-state index contributed by atoms with van der Waals surface area (Å²) in [5.74, 6) is 1.80. The third kappa shape index (κ3) is 6.53. The number of ether oxygens (including phenoxy) is 1. The molecule has 0 bridgehead atoms. The van der Waals surface area contributed by atoms with E-state index in [-0.39, 0.29) is 17.0 Å². The van der Waals surface area contributed by atoms with Gasteiger partial charge in [-0.1, -0.05) is 43.7 Å². The fourth-order valence-electron chi connectivity index (χ4n) is 4.39. The van der Waals surface area contributed by atoms with Gasteiger partial charge in [0.2, 0.25) is 5.88 Å². The molecule has 0 unspecified atom stereocenters. The van der Waals surface area contributed by atoms with E-state index >= 15 is 0 Å². The highest BCUT2D eigenvalue weighted by Gasteiger charge is 2.22. The largest absolute Gasteiger partial charge is 0.478 e. The normalized spacial score (nSPS) is 17.8. The van der Waals surface area contributed by atoms with E-state index in [0.717, 1.165) is 38.6 Å².